The molecule has 4 nitrogen and oxygen atoms in total. The van der Waals surface area contributed by atoms with Gasteiger partial charge in [0.1, 0.15) is 12.0 Å². The van der Waals surface area contributed by atoms with Crippen molar-refractivity contribution < 1.29 is 5.11 Å². The molecule has 0 aliphatic rings. The number of rotatable bonds is 3. The second kappa shape index (κ2) is 3.58. The first-order valence-corrected chi connectivity index (χ1v) is 4.04. The van der Waals surface area contributed by atoms with Crippen molar-refractivity contribution in [1.82, 2.24) is 9.78 Å². The van der Waals surface area contributed by atoms with Gasteiger partial charge in [-0.05, 0) is 5.92 Å². The molecule has 2 N–H and O–H groups in total. The third kappa shape index (κ3) is 2.23. The van der Waals surface area contributed by atoms with E-state index in [9.17, 15) is 5.11 Å². The summed E-state index contributed by atoms with van der Waals surface area (Å²) in [7, 11) is 1.84. The van der Waals surface area contributed by atoms with Gasteiger partial charge in [0.05, 0.1) is 0 Å². The Balaban J connectivity index is 2.52. The van der Waals surface area contributed by atoms with Gasteiger partial charge in [-0.25, -0.2) is 0 Å². The molecular formula is C8H15N3O. The van der Waals surface area contributed by atoms with E-state index in [4.69, 9.17) is 0 Å². The second-order valence-electron chi connectivity index (χ2n) is 3.21. The van der Waals surface area contributed by atoms with Crippen LogP contribution < -0.4 is 5.32 Å². The molecule has 0 saturated heterocycles. The number of aryl methyl sites for hydroxylation is 1. The average Bonchev–Trinajstić information content (AvgIpc) is 2.35. The maximum Gasteiger partial charge on any atom is 0.149 e. The highest BCUT2D eigenvalue weighted by atomic mass is 16.3. The minimum atomic E-state index is -0.528. The number of aliphatic hydroxyl groups excluding tert-OH is 1. The molecule has 1 unspecified atom stereocenters. The molecule has 0 fully saturated rings. The lowest BCUT2D eigenvalue weighted by atomic mass is 10.2. The minimum absolute atomic E-state index is 0.187. The van der Waals surface area contributed by atoms with Gasteiger partial charge in [0, 0.05) is 19.3 Å². The molecule has 0 bridgehead atoms. The molecule has 4 heteroatoms. The summed E-state index contributed by atoms with van der Waals surface area (Å²) in [5.41, 5.74) is 0. The quantitative estimate of drug-likeness (QED) is 0.658. The first-order valence-electron chi connectivity index (χ1n) is 4.04. The van der Waals surface area contributed by atoms with E-state index in [2.05, 4.69) is 10.4 Å². The zero-order valence-electron chi connectivity index (χ0n) is 7.65. The molecule has 0 aliphatic heterocycles. The zero-order chi connectivity index (χ0) is 9.14. The fourth-order valence-electron chi connectivity index (χ4n) is 0.810. The summed E-state index contributed by atoms with van der Waals surface area (Å²) in [5.74, 6) is 0.894. The van der Waals surface area contributed by atoms with Crippen LogP contribution in [0.2, 0.25) is 0 Å². The number of hydrogen-bond donors (Lipinski definition) is 2. The number of aromatic nitrogens is 2. The summed E-state index contributed by atoms with van der Waals surface area (Å²) in [5, 5.41) is 16.4. The number of nitrogens with zero attached hydrogens (tertiary/aromatic N) is 2. The third-order valence-corrected chi connectivity index (χ3v) is 1.64. The topological polar surface area (TPSA) is 50.1 Å². The normalized spacial score (nSPS) is 13.4. The van der Waals surface area contributed by atoms with Gasteiger partial charge >= 0.3 is 0 Å². The Bertz CT molecular complexity index is 244. The van der Waals surface area contributed by atoms with Crippen LogP contribution in [0.5, 0.6) is 0 Å². The summed E-state index contributed by atoms with van der Waals surface area (Å²) in [6.07, 6.45) is 1.30. The number of nitrogens with one attached hydrogen (secondary N) is 1. The molecule has 68 valence electrons. The van der Waals surface area contributed by atoms with Crippen molar-refractivity contribution in [3.63, 3.8) is 0 Å². The first-order chi connectivity index (χ1) is 5.59. The Kier molecular flexibility index (Phi) is 2.70. The van der Waals surface area contributed by atoms with Gasteiger partial charge in [-0.3, -0.25) is 4.68 Å². The maximum absolute atomic E-state index is 9.43. The van der Waals surface area contributed by atoms with E-state index in [0.717, 1.165) is 0 Å². The van der Waals surface area contributed by atoms with E-state index in [1.165, 1.54) is 0 Å². The van der Waals surface area contributed by atoms with Gasteiger partial charge < -0.3 is 10.4 Å². The van der Waals surface area contributed by atoms with E-state index >= 15 is 0 Å². The summed E-state index contributed by atoms with van der Waals surface area (Å²) >= 11 is 0. The fourth-order valence-corrected chi connectivity index (χ4v) is 0.810. The van der Waals surface area contributed by atoms with Crippen molar-refractivity contribution in [2.75, 3.05) is 5.32 Å². The predicted molar refractivity (Wildman–Crippen MR) is 47.7 cm³/mol. The van der Waals surface area contributed by atoms with Crippen LogP contribution in [-0.4, -0.2) is 21.1 Å². The predicted octanol–water partition coefficient (Wildman–Crippen LogP) is 0.806. The van der Waals surface area contributed by atoms with Crippen molar-refractivity contribution in [2.45, 2.75) is 20.1 Å². The van der Waals surface area contributed by atoms with Crippen molar-refractivity contribution in [3.8, 4) is 0 Å². The van der Waals surface area contributed by atoms with Crippen LogP contribution in [-0.2, 0) is 7.05 Å². The van der Waals surface area contributed by atoms with Crippen LogP contribution in [0, 0.1) is 5.92 Å². The lowest BCUT2D eigenvalue weighted by molar-refractivity contribution is 0.152. The molecular weight excluding hydrogens is 154 g/mol. The Morgan fingerprint density at radius 1 is 1.58 bits per heavy atom. The highest BCUT2D eigenvalue weighted by molar-refractivity contribution is 5.32. The van der Waals surface area contributed by atoms with Crippen molar-refractivity contribution in [1.29, 1.82) is 0 Å². The van der Waals surface area contributed by atoms with Gasteiger partial charge in [0.15, 0.2) is 0 Å². The van der Waals surface area contributed by atoms with E-state index in [1.54, 1.807) is 4.68 Å². The zero-order valence-corrected chi connectivity index (χ0v) is 7.65. The van der Waals surface area contributed by atoms with Crippen LogP contribution in [0.4, 0.5) is 5.82 Å². The van der Waals surface area contributed by atoms with E-state index in [1.807, 2.05) is 33.2 Å². The van der Waals surface area contributed by atoms with Gasteiger partial charge in [-0.2, -0.15) is 5.10 Å². The number of hydrogen-bond acceptors (Lipinski definition) is 3. The standard InChI is InChI=1S/C8H15N3O/c1-6(2)8(12)9-7-4-5-11(3)10-7/h4-6,8,12H,1-3H3,(H,9,10). The largest absolute Gasteiger partial charge is 0.374 e. The van der Waals surface area contributed by atoms with Crippen LogP contribution >= 0.6 is 0 Å². The monoisotopic (exact) mass is 169 g/mol. The molecule has 1 atom stereocenters. The summed E-state index contributed by atoms with van der Waals surface area (Å²) in [6.45, 7) is 3.89. The van der Waals surface area contributed by atoms with E-state index in [0.29, 0.717) is 5.82 Å². The molecule has 1 rings (SSSR count). The van der Waals surface area contributed by atoms with Crippen molar-refractivity contribution in [2.24, 2.45) is 13.0 Å². The van der Waals surface area contributed by atoms with E-state index < -0.39 is 6.23 Å². The smallest absolute Gasteiger partial charge is 0.149 e. The Morgan fingerprint density at radius 2 is 2.25 bits per heavy atom. The lowest BCUT2D eigenvalue weighted by Crippen LogP contribution is -2.24. The summed E-state index contributed by atoms with van der Waals surface area (Å²) in [4.78, 5) is 0. The molecule has 0 aromatic carbocycles. The number of aliphatic hydroxyl groups is 1. The van der Waals surface area contributed by atoms with Gasteiger partial charge in [-0.1, -0.05) is 13.8 Å². The Morgan fingerprint density at radius 3 is 2.67 bits per heavy atom. The highest BCUT2D eigenvalue weighted by Gasteiger charge is 2.08. The molecule has 0 radical (unpaired) electrons. The fraction of sp³-hybridized carbons (Fsp3) is 0.625. The molecule has 0 saturated carbocycles. The molecule has 1 heterocycles. The Labute approximate surface area is 72.2 Å². The maximum atomic E-state index is 9.43. The van der Waals surface area contributed by atoms with Crippen LogP contribution in [0.15, 0.2) is 12.3 Å². The SMILES string of the molecule is CC(C)C(O)Nc1ccn(C)n1. The summed E-state index contributed by atoms with van der Waals surface area (Å²) in [6, 6.07) is 1.82. The lowest BCUT2D eigenvalue weighted by Gasteiger charge is -2.14. The van der Waals surface area contributed by atoms with Crippen molar-refractivity contribution in [3.05, 3.63) is 12.3 Å². The average molecular weight is 169 g/mol. The van der Waals surface area contributed by atoms with Crippen LogP contribution in [0.1, 0.15) is 13.8 Å². The third-order valence-electron chi connectivity index (χ3n) is 1.64. The molecule has 0 aliphatic carbocycles. The van der Waals surface area contributed by atoms with Crippen molar-refractivity contribution >= 4 is 5.82 Å². The molecule has 12 heavy (non-hydrogen) atoms. The Hall–Kier alpha value is -1.03. The summed E-state index contributed by atoms with van der Waals surface area (Å²) < 4.78 is 1.69. The molecule has 0 amide bonds. The van der Waals surface area contributed by atoms with Gasteiger partial charge in [0.2, 0.25) is 0 Å². The second-order valence-corrected chi connectivity index (χ2v) is 3.21. The molecule has 0 spiro atoms. The molecule has 1 aromatic rings. The number of anilines is 1. The van der Waals surface area contributed by atoms with Gasteiger partial charge in [0.25, 0.3) is 0 Å². The van der Waals surface area contributed by atoms with Crippen LogP contribution in [0.3, 0.4) is 0 Å². The van der Waals surface area contributed by atoms with E-state index in [-0.39, 0.29) is 5.92 Å². The molecule has 1 aromatic heterocycles. The first kappa shape index (κ1) is 9.06. The van der Waals surface area contributed by atoms with Crippen LogP contribution in [0.25, 0.3) is 0 Å². The highest BCUT2D eigenvalue weighted by Crippen LogP contribution is 2.07. The minimum Gasteiger partial charge on any atom is -0.374 e. The van der Waals surface area contributed by atoms with Gasteiger partial charge in [-0.15, -0.1) is 0 Å².